The Labute approximate surface area is 180 Å². The van der Waals surface area contributed by atoms with Crippen LogP contribution in [-0.2, 0) is 22.6 Å². The zero-order valence-corrected chi connectivity index (χ0v) is 17.5. The minimum atomic E-state index is -0.447. The lowest BCUT2D eigenvalue weighted by Gasteiger charge is -2.07. The molecule has 0 unspecified atom stereocenters. The number of esters is 1. The van der Waals surface area contributed by atoms with Crippen molar-refractivity contribution in [2.75, 3.05) is 14.2 Å². The fourth-order valence-electron chi connectivity index (χ4n) is 2.69. The van der Waals surface area contributed by atoms with Crippen molar-refractivity contribution in [1.82, 2.24) is 20.3 Å². The SMILES string of the molecule is COc1ccc(-c2noc(COC(=O)CCc3nc(-c4ccsc4)no3)n2)c(OC)c1. The van der Waals surface area contributed by atoms with Crippen molar-refractivity contribution in [3.8, 4) is 34.3 Å². The number of hydrogen-bond acceptors (Lipinski definition) is 11. The third-order valence-corrected chi connectivity index (χ3v) is 4.95. The van der Waals surface area contributed by atoms with E-state index in [0.29, 0.717) is 34.6 Å². The van der Waals surface area contributed by atoms with E-state index >= 15 is 0 Å². The number of aryl methyl sites for hydroxylation is 1. The first kappa shape index (κ1) is 20.5. The molecule has 0 bridgehead atoms. The average molecular weight is 442 g/mol. The van der Waals surface area contributed by atoms with Gasteiger partial charge in [0.15, 0.2) is 6.61 Å². The van der Waals surface area contributed by atoms with Gasteiger partial charge in [-0.1, -0.05) is 10.3 Å². The number of benzene rings is 1. The molecule has 0 N–H and O–H groups in total. The van der Waals surface area contributed by atoms with E-state index in [-0.39, 0.29) is 25.3 Å². The van der Waals surface area contributed by atoms with E-state index in [4.69, 9.17) is 23.3 Å². The van der Waals surface area contributed by atoms with E-state index in [9.17, 15) is 4.79 Å². The van der Waals surface area contributed by atoms with Crippen LogP contribution in [0.1, 0.15) is 18.2 Å². The minimum Gasteiger partial charge on any atom is -0.497 e. The molecule has 3 heterocycles. The van der Waals surface area contributed by atoms with Gasteiger partial charge in [0.1, 0.15) is 11.5 Å². The predicted octanol–water partition coefficient (Wildman–Crippen LogP) is 3.54. The van der Waals surface area contributed by atoms with Crippen molar-refractivity contribution >= 4 is 17.3 Å². The van der Waals surface area contributed by atoms with Gasteiger partial charge in [0, 0.05) is 23.4 Å². The predicted molar refractivity (Wildman–Crippen MR) is 109 cm³/mol. The second kappa shape index (κ2) is 9.39. The van der Waals surface area contributed by atoms with Crippen molar-refractivity contribution in [1.29, 1.82) is 0 Å². The molecule has 0 fully saturated rings. The monoisotopic (exact) mass is 442 g/mol. The summed E-state index contributed by atoms with van der Waals surface area (Å²) < 4.78 is 26.0. The summed E-state index contributed by atoms with van der Waals surface area (Å²) >= 11 is 1.54. The standard InChI is InChI=1S/C20H18N4O6S/c1-26-13-3-4-14(15(9-13)27-2)20-22-17(30-24-20)10-28-18(25)6-5-16-21-19(23-29-16)12-7-8-31-11-12/h3-4,7-9,11H,5-6,10H2,1-2H3. The number of rotatable bonds is 9. The molecule has 4 rings (SSSR count). The molecule has 4 aromatic rings. The second-order valence-electron chi connectivity index (χ2n) is 6.26. The lowest BCUT2D eigenvalue weighted by atomic mass is 10.2. The maximum atomic E-state index is 12.0. The molecule has 0 radical (unpaired) electrons. The molecule has 160 valence electrons. The Balaban J connectivity index is 1.30. The smallest absolute Gasteiger partial charge is 0.306 e. The topological polar surface area (TPSA) is 123 Å². The fraction of sp³-hybridized carbons (Fsp3) is 0.250. The van der Waals surface area contributed by atoms with Gasteiger partial charge in [0.05, 0.1) is 26.2 Å². The van der Waals surface area contributed by atoms with Crippen LogP contribution in [0.2, 0.25) is 0 Å². The number of carbonyl (C=O) groups is 1. The highest BCUT2D eigenvalue weighted by Gasteiger charge is 2.16. The Kier molecular flexibility index (Phi) is 6.22. The molecule has 0 aliphatic rings. The maximum Gasteiger partial charge on any atom is 0.306 e. The summed E-state index contributed by atoms with van der Waals surface area (Å²) in [5, 5.41) is 11.7. The Morgan fingerprint density at radius 2 is 1.84 bits per heavy atom. The number of hydrogen-bond donors (Lipinski definition) is 0. The van der Waals surface area contributed by atoms with Gasteiger partial charge in [-0.2, -0.15) is 21.3 Å². The summed E-state index contributed by atoms with van der Waals surface area (Å²) in [4.78, 5) is 20.6. The maximum absolute atomic E-state index is 12.0. The van der Waals surface area contributed by atoms with Crippen molar-refractivity contribution in [2.24, 2.45) is 0 Å². The normalized spacial score (nSPS) is 10.8. The number of ether oxygens (including phenoxy) is 3. The van der Waals surface area contributed by atoms with E-state index in [0.717, 1.165) is 5.56 Å². The summed E-state index contributed by atoms with van der Waals surface area (Å²) in [5.74, 6) is 2.07. The zero-order valence-electron chi connectivity index (χ0n) is 16.7. The quantitative estimate of drug-likeness (QED) is 0.356. The molecule has 3 aromatic heterocycles. The minimum absolute atomic E-state index is 0.0819. The summed E-state index contributed by atoms with van der Waals surface area (Å²) in [6.07, 6.45) is 0.354. The van der Waals surface area contributed by atoms with Crippen LogP contribution < -0.4 is 9.47 Å². The van der Waals surface area contributed by atoms with Crippen LogP contribution in [0.5, 0.6) is 11.5 Å². The van der Waals surface area contributed by atoms with Crippen LogP contribution in [0.3, 0.4) is 0 Å². The van der Waals surface area contributed by atoms with E-state index < -0.39 is 5.97 Å². The highest BCUT2D eigenvalue weighted by Crippen LogP contribution is 2.31. The van der Waals surface area contributed by atoms with Crippen LogP contribution in [0.4, 0.5) is 0 Å². The third-order valence-electron chi connectivity index (χ3n) is 4.26. The highest BCUT2D eigenvalue weighted by atomic mass is 32.1. The molecule has 0 saturated heterocycles. The highest BCUT2D eigenvalue weighted by molar-refractivity contribution is 7.08. The molecule has 0 spiro atoms. The number of aromatic nitrogens is 4. The Morgan fingerprint density at radius 3 is 2.61 bits per heavy atom. The summed E-state index contributed by atoms with van der Waals surface area (Å²) in [7, 11) is 3.10. The van der Waals surface area contributed by atoms with Crippen LogP contribution in [-0.4, -0.2) is 40.5 Å². The molecule has 1 aromatic carbocycles. The van der Waals surface area contributed by atoms with Crippen molar-refractivity contribution < 1.29 is 28.1 Å². The Bertz CT molecular complexity index is 1150. The van der Waals surface area contributed by atoms with E-state index in [1.165, 1.54) is 7.11 Å². The molecule has 0 atom stereocenters. The largest absolute Gasteiger partial charge is 0.497 e. The van der Waals surface area contributed by atoms with Gasteiger partial charge in [-0.05, 0) is 23.6 Å². The van der Waals surface area contributed by atoms with Gasteiger partial charge in [0.25, 0.3) is 5.89 Å². The summed E-state index contributed by atoms with van der Waals surface area (Å²) in [6.45, 7) is -0.145. The zero-order chi connectivity index (χ0) is 21.6. The van der Waals surface area contributed by atoms with Gasteiger partial charge in [-0.15, -0.1) is 0 Å². The molecule has 0 aliphatic carbocycles. The lowest BCUT2D eigenvalue weighted by Crippen LogP contribution is -2.06. The van der Waals surface area contributed by atoms with Crippen molar-refractivity contribution in [3.63, 3.8) is 0 Å². The van der Waals surface area contributed by atoms with Crippen LogP contribution in [0.25, 0.3) is 22.8 Å². The first-order chi connectivity index (χ1) is 15.2. The lowest BCUT2D eigenvalue weighted by molar-refractivity contribution is -0.145. The molecule has 0 amide bonds. The molecule has 0 aliphatic heterocycles. The summed E-state index contributed by atoms with van der Waals surface area (Å²) in [5.41, 5.74) is 1.51. The van der Waals surface area contributed by atoms with Crippen LogP contribution in [0, 0.1) is 0 Å². The van der Waals surface area contributed by atoms with Crippen LogP contribution >= 0.6 is 11.3 Å². The molecule has 31 heavy (non-hydrogen) atoms. The van der Waals surface area contributed by atoms with Crippen molar-refractivity contribution in [3.05, 3.63) is 46.8 Å². The molecular formula is C20H18N4O6S. The molecule has 10 nitrogen and oxygen atoms in total. The molecular weight excluding hydrogens is 424 g/mol. The Morgan fingerprint density at radius 1 is 1.03 bits per heavy atom. The molecule has 11 heteroatoms. The van der Waals surface area contributed by atoms with Gasteiger partial charge >= 0.3 is 5.97 Å². The third kappa shape index (κ3) is 4.89. The number of nitrogens with zero attached hydrogens (tertiary/aromatic N) is 4. The first-order valence-corrected chi connectivity index (χ1v) is 10.2. The second-order valence-corrected chi connectivity index (χ2v) is 7.04. The summed E-state index contributed by atoms with van der Waals surface area (Å²) in [6, 6.07) is 7.13. The van der Waals surface area contributed by atoms with Gasteiger partial charge in [0.2, 0.25) is 17.5 Å². The van der Waals surface area contributed by atoms with E-state index in [1.54, 1.807) is 36.6 Å². The number of thiophene rings is 1. The van der Waals surface area contributed by atoms with Gasteiger partial charge < -0.3 is 23.3 Å². The number of methoxy groups -OCH3 is 2. The van der Waals surface area contributed by atoms with Gasteiger partial charge in [-0.3, -0.25) is 4.79 Å². The fourth-order valence-corrected chi connectivity index (χ4v) is 3.33. The van der Waals surface area contributed by atoms with E-state index in [2.05, 4.69) is 20.3 Å². The van der Waals surface area contributed by atoms with Crippen LogP contribution in [0.15, 0.2) is 44.1 Å². The number of carbonyl (C=O) groups excluding carboxylic acids is 1. The average Bonchev–Trinajstić information content (AvgIpc) is 3.57. The first-order valence-electron chi connectivity index (χ1n) is 9.22. The van der Waals surface area contributed by atoms with Gasteiger partial charge in [-0.25, -0.2) is 0 Å². The van der Waals surface area contributed by atoms with Crippen molar-refractivity contribution in [2.45, 2.75) is 19.4 Å². The van der Waals surface area contributed by atoms with E-state index in [1.807, 2.05) is 16.8 Å². The Hall–Kier alpha value is -3.73. The molecule has 0 saturated carbocycles.